The molecule has 0 spiro atoms. The van der Waals surface area contributed by atoms with Crippen molar-refractivity contribution in [3.63, 3.8) is 0 Å². The van der Waals surface area contributed by atoms with Crippen molar-refractivity contribution in [3.8, 4) is 0 Å². The Morgan fingerprint density at radius 2 is 1.81 bits per heavy atom. The molecule has 0 radical (unpaired) electrons. The van der Waals surface area contributed by atoms with Gasteiger partial charge in [-0.05, 0) is 58.4 Å². The summed E-state index contributed by atoms with van der Waals surface area (Å²) in [7, 11) is 2.28. The lowest BCUT2D eigenvalue weighted by molar-refractivity contribution is 0.286. The van der Waals surface area contributed by atoms with E-state index in [9.17, 15) is 0 Å². The highest BCUT2D eigenvalue weighted by molar-refractivity contribution is 5.01. The van der Waals surface area contributed by atoms with Gasteiger partial charge in [-0.2, -0.15) is 0 Å². The molecule has 0 aromatic rings. The Bertz CT molecular complexity index is 221. The standard InChI is InChI=1S/C14H28N2/c1-14(2,3)15-8-9-16(4)10-13-11-6-5-7-12(11)13/h11-13,15H,5-10H2,1-4H3. The SMILES string of the molecule is CN(CCNC(C)(C)C)CC1C2CCCC21. The second-order valence-corrected chi connectivity index (χ2v) is 6.86. The van der Waals surface area contributed by atoms with Gasteiger partial charge in [-0.25, -0.2) is 0 Å². The normalized spacial score (nSPS) is 33.2. The molecule has 0 aromatic heterocycles. The molecule has 0 aliphatic heterocycles. The Balaban J connectivity index is 1.57. The van der Waals surface area contributed by atoms with Crippen LogP contribution in [0, 0.1) is 17.8 Å². The molecule has 0 aromatic carbocycles. The van der Waals surface area contributed by atoms with Crippen LogP contribution in [-0.4, -0.2) is 37.1 Å². The molecule has 0 amide bonds. The van der Waals surface area contributed by atoms with E-state index in [0.717, 1.165) is 24.3 Å². The molecule has 2 heteroatoms. The van der Waals surface area contributed by atoms with Crippen LogP contribution in [0.2, 0.25) is 0 Å². The second kappa shape index (κ2) is 4.66. The Kier molecular flexibility index (Phi) is 3.60. The van der Waals surface area contributed by atoms with E-state index in [2.05, 4.69) is 38.0 Å². The van der Waals surface area contributed by atoms with Crippen molar-refractivity contribution in [2.24, 2.45) is 17.8 Å². The number of fused-ring (bicyclic) bond motifs is 1. The summed E-state index contributed by atoms with van der Waals surface area (Å²) in [6.45, 7) is 10.3. The maximum absolute atomic E-state index is 3.56. The molecule has 2 rings (SSSR count). The van der Waals surface area contributed by atoms with Gasteiger partial charge in [0.2, 0.25) is 0 Å². The van der Waals surface area contributed by atoms with Crippen LogP contribution in [0.4, 0.5) is 0 Å². The van der Waals surface area contributed by atoms with Crippen LogP contribution in [-0.2, 0) is 0 Å². The molecule has 2 aliphatic carbocycles. The molecule has 0 bridgehead atoms. The van der Waals surface area contributed by atoms with Crippen LogP contribution < -0.4 is 5.32 Å². The first-order chi connectivity index (χ1) is 7.47. The van der Waals surface area contributed by atoms with Gasteiger partial charge >= 0.3 is 0 Å². The van der Waals surface area contributed by atoms with Gasteiger partial charge in [0.05, 0.1) is 0 Å². The summed E-state index contributed by atoms with van der Waals surface area (Å²) >= 11 is 0. The van der Waals surface area contributed by atoms with E-state index >= 15 is 0 Å². The Hall–Kier alpha value is -0.0800. The van der Waals surface area contributed by atoms with E-state index in [4.69, 9.17) is 0 Å². The molecule has 16 heavy (non-hydrogen) atoms. The van der Waals surface area contributed by atoms with Crippen LogP contribution in [0.3, 0.4) is 0 Å². The molecule has 94 valence electrons. The van der Waals surface area contributed by atoms with Crippen molar-refractivity contribution in [2.45, 2.75) is 45.6 Å². The lowest BCUT2D eigenvalue weighted by atomic mass is 10.1. The van der Waals surface area contributed by atoms with Crippen molar-refractivity contribution in [1.29, 1.82) is 0 Å². The third-order valence-electron chi connectivity index (χ3n) is 4.26. The lowest BCUT2D eigenvalue weighted by Gasteiger charge is -2.24. The lowest BCUT2D eigenvalue weighted by Crippen LogP contribution is -2.41. The zero-order chi connectivity index (χ0) is 11.8. The summed E-state index contributed by atoms with van der Waals surface area (Å²) in [5.74, 6) is 3.27. The quantitative estimate of drug-likeness (QED) is 0.771. The first-order valence-electron chi connectivity index (χ1n) is 6.91. The van der Waals surface area contributed by atoms with Crippen molar-refractivity contribution in [2.75, 3.05) is 26.7 Å². The van der Waals surface area contributed by atoms with Gasteiger partial charge < -0.3 is 10.2 Å². The van der Waals surface area contributed by atoms with Gasteiger partial charge in [-0.1, -0.05) is 6.42 Å². The molecule has 2 fully saturated rings. The maximum atomic E-state index is 3.56. The van der Waals surface area contributed by atoms with Gasteiger partial charge in [0.25, 0.3) is 0 Å². The summed E-state index contributed by atoms with van der Waals surface area (Å²) in [6, 6.07) is 0. The van der Waals surface area contributed by atoms with Gasteiger partial charge in [0.1, 0.15) is 0 Å². The Morgan fingerprint density at radius 1 is 1.19 bits per heavy atom. The topological polar surface area (TPSA) is 15.3 Å². The fourth-order valence-corrected chi connectivity index (χ4v) is 3.31. The minimum absolute atomic E-state index is 0.261. The van der Waals surface area contributed by atoms with Crippen molar-refractivity contribution in [3.05, 3.63) is 0 Å². The third-order valence-corrected chi connectivity index (χ3v) is 4.26. The highest BCUT2D eigenvalue weighted by Crippen LogP contribution is 2.57. The number of hydrogen-bond acceptors (Lipinski definition) is 2. The van der Waals surface area contributed by atoms with E-state index in [1.165, 1.54) is 32.4 Å². The molecular formula is C14H28N2. The fourth-order valence-electron chi connectivity index (χ4n) is 3.31. The predicted octanol–water partition coefficient (Wildman–Crippen LogP) is 2.35. The molecule has 0 saturated heterocycles. The number of likely N-dealkylation sites (N-methyl/N-ethyl adjacent to an activating group) is 1. The van der Waals surface area contributed by atoms with Crippen LogP contribution in [0.1, 0.15) is 40.0 Å². The molecule has 2 saturated carbocycles. The molecule has 2 atom stereocenters. The summed E-state index contributed by atoms with van der Waals surface area (Å²) in [6.07, 6.45) is 4.54. The average Bonchev–Trinajstić information content (AvgIpc) is 2.59. The zero-order valence-corrected chi connectivity index (χ0v) is 11.4. The summed E-state index contributed by atoms with van der Waals surface area (Å²) in [4.78, 5) is 2.52. The van der Waals surface area contributed by atoms with Crippen molar-refractivity contribution in [1.82, 2.24) is 10.2 Å². The van der Waals surface area contributed by atoms with E-state index in [1.807, 2.05) is 0 Å². The Morgan fingerprint density at radius 3 is 2.38 bits per heavy atom. The summed E-state index contributed by atoms with van der Waals surface area (Å²) < 4.78 is 0. The van der Waals surface area contributed by atoms with Gasteiger partial charge in [0, 0.05) is 25.2 Å². The second-order valence-electron chi connectivity index (χ2n) is 6.86. The molecule has 2 unspecified atom stereocenters. The first-order valence-corrected chi connectivity index (χ1v) is 6.91. The summed E-state index contributed by atoms with van der Waals surface area (Å²) in [5.41, 5.74) is 0.261. The van der Waals surface area contributed by atoms with Crippen molar-refractivity contribution < 1.29 is 0 Å². The van der Waals surface area contributed by atoms with E-state index < -0.39 is 0 Å². The molecule has 2 aliphatic rings. The molecular weight excluding hydrogens is 196 g/mol. The van der Waals surface area contributed by atoms with Crippen LogP contribution in [0.15, 0.2) is 0 Å². The first kappa shape index (κ1) is 12.4. The van der Waals surface area contributed by atoms with Crippen LogP contribution in [0.25, 0.3) is 0 Å². The van der Waals surface area contributed by atoms with Crippen molar-refractivity contribution >= 4 is 0 Å². The summed E-state index contributed by atoms with van der Waals surface area (Å²) in [5, 5.41) is 3.56. The third kappa shape index (κ3) is 3.21. The highest BCUT2D eigenvalue weighted by Gasteiger charge is 2.52. The van der Waals surface area contributed by atoms with E-state index in [-0.39, 0.29) is 5.54 Å². The molecule has 1 N–H and O–H groups in total. The van der Waals surface area contributed by atoms with Crippen LogP contribution >= 0.6 is 0 Å². The van der Waals surface area contributed by atoms with E-state index in [0.29, 0.717) is 0 Å². The largest absolute Gasteiger partial charge is 0.311 e. The number of nitrogens with zero attached hydrogens (tertiary/aromatic N) is 1. The minimum atomic E-state index is 0.261. The predicted molar refractivity (Wildman–Crippen MR) is 69.6 cm³/mol. The minimum Gasteiger partial charge on any atom is -0.311 e. The van der Waals surface area contributed by atoms with Gasteiger partial charge in [-0.15, -0.1) is 0 Å². The van der Waals surface area contributed by atoms with E-state index in [1.54, 1.807) is 0 Å². The zero-order valence-electron chi connectivity index (χ0n) is 11.4. The smallest absolute Gasteiger partial charge is 0.0104 e. The molecule has 0 heterocycles. The van der Waals surface area contributed by atoms with Gasteiger partial charge in [-0.3, -0.25) is 0 Å². The molecule has 2 nitrogen and oxygen atoms in total. The average molecular weight is 224 g/mol. The Labute approximate surface area is 101 Å². The van der Waals surface area contributed by atoms with Crippen LogP contribution in [0.5, 0.6) is 0 Å². The monoisotopic (exact) mass is 224 g/mol. The number of nitrogens with one attached hydrogen (secondary N) is 1. The number of rotatable bonds is 5. The fraction of sp³-hybridized carbons (Fsp3) is 1.00. The van der Waals surface area contributed by atoms with Gasteiger partial charge in [0.15, 0.2) is 0 Å². The maximum Gasteiger partial charge on any atom is 0.0104 e. The highest BCUT2D eigenvalue weighted by atomic mass is 15.1. The number of hydrogen-bond donors (Lipinski definition) is 1.